The van der Waals surface area contributed by atoms with Crippen LogP contribution in [0, 0.1) is 0 Å². The van der Waals surface area contributed by atoms with Gasteiger partial charge in [0.15, 0.2) is 0 Å². The van der Waals surface area contributed by atoms with Crippen molar-refractivity contribution < 1.29 is 9.59 Å². The van der Waals surface area contributed by atoms with Crippen molar-refractivity contribution >= 4 is 36.0 Å². The van der Waals surface area contributed by atoms with E-state index in [-0.39, 0.29) is 36.3 Å². The lowest BCUT2D eigenvalue weighted by molar-refractivity contribution is -0.132. The maximum atomic E-state index is 11.7. The Bertz CT molecular complexity index is 284. The van der Waals surface area contributed by atoms with E-state index >= 15 is 0 Å². The number of hydrogen-bond acceptors (Lipinski definition) is 4. The van der Waals surface area contributed by atoms with Gasteiger partial charge in [-0.15, -0.1) is 24.2 Å². The van der Waals surface area contributed by atoms with Crippen molar-refractivity contribution in [2.45, 2.75) is 18.5 Å². The van der Waals surface area contributed by atoms with Gasteiger partial charge in [-0.3, -0.25) is 14.9 Å². The number of thioether (sulfide) groups is 1. The zero-order valence-electron chi connectivity index (χ0n) is 9.06. The third-order valence-corrected chi connectivity index (χ3v) is 3.72. The van der Waals surface area contributed by atoms with E-state index < -0.39 is 0 Å². The standard InChI is InChI=1S/C9H15N3O2S.ClH/c1-12-3-2-6(9(12)14)11-8(13)7-4-15-5-10-7;/h6-7,10H,2-5H2,1H3,(H,11,13);1H. The average Bonchev–Trinajstić information content (AvgIpc) is 2.83. The van der Waals surface area contributed by atoms with Crippen molar-refractivity contribution in [1.29, 1.82) is 0 Å². The topological polar surface area (TPSA) is 61.4 Å². The number of likely N-dealkylation sites (tertiary alicyclic amines) is 1. The minimum atomic E-state index is -0.310. The van der Waals surface area contributed by atoms with E-state index in [4.69, 9.17) is 0 Å². The predicted octanol–water partition coefficient (Wildman–Crippen LogP) is -0.582. The zero-order valence-corrected chi connectivity index (χ0v) is 10.7. The minimum absolute atomic E-state index is 0. The van der Waals surface area contributed by atoms with Gasteiger partial charge >= 0.3 is 0 Å². The lowest BCUT2D eigenvalue weighted by atomic mass is 10.2. The molecule has 0 saturated carbocycles. The second kappa shape index (κ2) is 5.75. The molecule has 0 aromatic carbocycles. The first kappa shape index (κ1) is 13.6. The molecule has 2 amide bonds. The van der Waals surface area contributed by atoms with Crippen LogP contribution in [0.3, 0.4) is 0 Å². The summed E-state index contributed by atoms with van der Waals surface area (Å²) in [6.45, 7) is 0.733. The molecular formula is C9H16ClN3O2S. The highest BCUT2D eigenvalue weighted by molar-refractivity contribution is 7.99. The molecule has 7 heteroatoms. The van der Waals surface area contributed by atoms with Gasteiger partial charge < -0.3 is 10.2 Å². The highest BCUT2D eigenvalue weighted by Crippen LogP contribution is 2.12. The SMILES string of the molecule is CN1CCC(NC(=O)C2CSCN2)C1=O.Cl. The normalized spacial score (nSPS) is 29.1. The van der Waals surface area contributed by atoms with Crippen LogP contribution in [-0.2, 0) is 9.59 Å². The number of rotatable bonds is 2. The molecule has 0 aliphatic carbocycles. The van der Waals surface area contributed by atoms with Crippen LogP contribution in [0.5, 0.6) is 0 Å². The Morgan fingerprint density at radius 2 is 2.38 bits per heavy atom. The summed E-state index contributed by atoms with van der Waals surface area (Å²) in [5.41, 5.74) is 0. The Balaban J connectivity index is 0.00000128. The van der Waals surface area contributed by atoms with Gasteiger partial charge in [-0.2, -0.15) is 0 Å². The van der Waals surface area contributed by atoms with E-state index in [2.05, 4.69) is 10.6 Å². The molecule has 0 spiro atoms. The summed E-state index contributed by atoms with van der Waals surface area (Å²) in [4.78, 5) is 24.9. The number of hydrogen-bond donors (Lipinski definition) is 2. The average molecular weight is 266 g/mol. The smallest absolute Gasteiger partial charge is 0.244 e. The van der Waals surface area contributed by atoms with Crippen LogP contribution in [0.15, 0.2) is 0 Å². The minimum Gasteiger partial charge on any atom is -0.344 e. The van der Waals surface area contributed by atoms with E-state index in [1.807, 2.05) is 0 Å². The van der Waals surface area contributed by atoms with Gasteiger partial charge in [0.2, 0.25) is 11.8 Å². The zero-order chi connectivity index (χ0) is 10.8. The van der Waals surface area contributed by atoms with Crippen LogP contribution >= 0.6 is 24.2 Å². The number of nitrogens with one attached hydrogen (secondary N) is 2. The molecule has 0 radical (unpaired) electrons. The molecule has 16 heavy (non-hydrogen) atoms. The molecule has 2 saturated heterocycles. The first-order valence-corrected chi connectivity index (χ1v) is 6.20. The summed E-state index contributed by atoms with van der Waals surface area (Å²) in [5.74, 6) is 1.58. The largest absolute Gasteiger partial charge is 0.344 e. The Labute approximate surface area is 105 Å². The maximum absolute atomic E-state index is 11.7. The van der Waals surface area contributed by atoms with Gasteiger partial charge in [-0.05, 0) is 6.42 Å². The van der Waals surface area contributed by atoms with Crippen LogP contribution in [0.25, 0.3) is 0 Å². The summed E-state index contributed by atoms with van der Waals surface area (Å²) >= 11 is 1.70. The molecule has 0 aromatic rings. The molecule has 2 N–H and O–H groups in total. The highest BCUT2D eigenvalue weighted by Gasteiger charge is 2.32. The lowest BCUT2D eigenvalue weighted by Crippen LogP contribution is -2.48. The van der Waals surface area contributed by atoms with Gasteiger partial charge in [0.05, 0.1) is 6.04 Å². The first-order valence-electron chi connectivity index (χ1n) is 5.05. The van der Waals surface area contributed by atoms with Gasteiger partial charge in [0, 0.05) is 25.2 Å². The van der Waals surface area contributed by atoms with Crippen molar-refractivity contribution in [2.24, 2.45) is 0 Å². The van der Waals surface area contributed by atoms with Crippen LogP contribution in [0.4, 0.5) is 0 Å². The van der Waals surface area contributed by atoms with E-state index in [1.54, 1.807) is 23.7 Å². The number of halogens is 1. The second-order valence-electron chi connectivity index (χ2n) is 3.88. The Morgan fingerprint density at radius 1 is 1.62 bits per heavy atom. The molecule has 2 aliphatic heterocycles. The summed E-state index contributed by atoms with van der Waals surface area (Å²) in [6, 6.07) is -0.441. The molecule has 2 fully saturated rings. The number of nitrogens with zero attached hydrogens (tertiary/aromatic N) is 1. The van der Waals surface area contributed by atoms with Crippen molar-refractivity contribution in [3.63, 3.8) is 0 Å². The summed E-state index contributed by atoms with van der Waals surface area (Å²) in [6.07, 6.45) is 0.723. The van der Waals surface area contributed by atoms with E-state index in [1.165, 1.54) is 0 Å². The fourth-order valence-corrected chi connectivity index (χ4v) is 2.73. The van der Waals surface area contributed by atoms with Gasteiger partial charge in [0.25, 0.3) is 0 Å². The predicted molar refractivity (Wildman–Crippen MR) is 65.7 cm³/mol. The van der Waals surface area contributed by atoms with E-state index in [0.717, 1.165) is 24.6 Å². The van der Waals surface area contributed by atoms with Crippen molar-refractivity contribution in [1.82, 2.24) is 15.5 Å². The second-order valence-corrected chi connectivity index (χ2v) is 4.91. The molecule has 2 rings (SSSR count). The fraction of sp³-hybridized carbons (Fsp3) is 0.778. The Hall–Kier alpha value is -0.460. The third-order valence-electron chi connectivity index (χ3n) is 2.78. The first-order chi connectivity index (χ1) is 7.18. The Morgan fingerprint density at radius 3 is 2.88 bits per heavy atom. The van der Waals surface area contributed by atoms with Crippen LogP contribution in [0.2, 0.25) is 0 Å². The molecule has 2 aliphatic rings. The van der Waals surface area contributed by atoms with Gasteiger partial charge in [-0.1, -0.05) is 0 Å². The number of amides is 2. The molecule has 2 heterocycles. The lowest BCUT2D eigenvalue weighted by Gasteiger charge is -2.15. The molecular weight excluding hydrogens is 250 g/mol. The summed E-state index contributed by atoms with van der Waals surface area (Å²) in [5, 5.41) is 5.88. The van der Waals surface area contributed by atoms with Crippen LogP contribution < -0.4 is 10.6 Å². The Kier molecular flexibility index (Phi) is 4.89. The quantitative estimate of drug-likeness (QED) is 0.701. The van der Waals surface area contributed by atoms with Crippen molar-refractivity contribution in [2.75, 3.05) is 25.2 Å². The number of carbonyl (C=O) groups is 2. The number of carbonyl (C=O) groups excluding carboxylic acids is 2. The van der Waals surface area contributed by atoms with Crippen molar-refractivity contribution in [3.05, 3.63) is 0 Å². The molecule has 5 nitrogen and oxygen atoms in total. The summed E-state index contributed by atoms with van der Waals surface area (Å²) < 4.78 is 0. The van der Waals surface area contributed by atoms with Crippen LogP contribution in [-0.4, -0.2) is 54.0 Å². The van der Waals surface area contributed by atoms with Gasteiger partial charge in [-0.25, -0.2) is 0 Å². The molecule has 0 aromatic heterocycles. The van der Waals surface area contributed by atoms with Crippen LogP contribution in [0.1, 0.15) is 6.42 Å². The van der Waals surface area contributed by atoms with Crippen molar-refractivity contribution in [3.8, 4) is 0 Å². The molecule has 0 bridgehead atoms. The monoisotopic (exact) mass is 265 g/mol. The number of likely N-dealkylation sites (N-methyl/N-ethyl adjacent to an activating group) is 1. The van der Waals surface area contributed by atoms with E-state index in [0.29, 0.717) is 0 Å². The summed E-state index contributed by atoms with van der Waals surface area (Å²) in [7, 11) is 1.76. The highest BCUT2D eigenvalue weighted by atomic mass is 35.5. The molecule has 2 atom stereocenters. The molecule has 2 unspecified atom stereocenters. The maximum Gasteiger partial charge on any atom is 0.244 e. The third kappa shape index (κ3) is 2.81. The van der Waals surface area contributed by atoms with E-state index in [9.17, 15) is 9.59 Å². The van der Waals surface area contributed by atoms with Gasteiger partial charge in [0.1, 0.15) is 6.04 Å². The molecule has 92 valence electrons. The fourth-order valence-electron chi connectivity index (χ4n) is 1.79.